The summed E-state index contributed by atoms with van der Waals surface area (Å²) in [6.45, 7) is 4.50. The zero-order valence-electron chi connectivity index (χ0n) is 23.6. The van der Waals surface area contributed by atoms with Crippen LogP contribution in [0.1, 0.15) is 87.5 Å². The molecule has 1 aromatic heterocycles. The van der Waals surface area contributed by atoms with E-state index < -0.39 is 0 Å². The highest BCUT2D eigenvalue weighted by molar-refractivity contribution is 5.93. The van der Waals surface area contributed by atoms with Crippen molar-refractivity contribution in [2.75, 3.05) is 7.11 Å². The van der Waals surface area contributed by atoms with E-state index in [1.54, 1.807) is 12.7 Å². The molecule has 1 N–H and O–H groups in total. The molecule has 0 saturated carbocycles. The Kier molecular flexibility index (Phi) is 8.83. The molecule has 2 heterocycles. The van der Waals surface area contributed by atoms with Crippen molar-refractivity contribution >= 4 is 22.7 Å². The number of H-pyrrole nitrogens is 1. The van der Waals surface area contributed by atoms with E-state index in [1.807, 2.05) is 6.07 Å². The van der Waals surface area contributed by atoms with Crippen molar-refractivity contribution in [2.24, 2.45) is 10.9 Å². The van der Waals surface area contributed by atoms with E-state index in [9.17, 15) is 0 Å². The quantitative estimate of drug-likeness (QED) is 0.272. The van der Waals surface area contributed by atoms with Crippen molar-refractivity contribution in [1.29, 1.82) is 0 Å². The fourth-order valence-electron chi connectivity index (χ4n) is 6.35. The maximum Gasteiger partial charge on any atom is 0.119 e. The number of aromatic amines is 1. The molecule has 0 amide bonds. The van der Waals surface area contributed by atoms with Crippen molar-refractivity contribution in [2.45, 2.75) is 90.5 Å². The number of nitrogens with one attached hydrogen (secondary N) is 1. The van der Waals surface area contributed by atoms with E-state index in [-0.39, 0.29) is 0 Å². The van der Waals surface area contributed by atoms with Crippen LogP contribution in [0.2, 0.25) is 0 Å². The van der Waals surface area contributed by atoms with E-state index in [0.29, 0.717) is 12.0 Å². The number of methoxy groups -OCH3 is 1. The lowest BCUT2D eigenvalue weighted by Gasteiger charge is -2.22. The third-order valence-corrected chi connectivity index (χ3v) is 8.54. The van der Waals surface area contributed by atoms with E-state index in [0.717, 1.165) is 18.6 Å². The van der Waals surface area contributed by atoms with E-state index in [4.69, 9.17) is 9.73 Å². The number of benzene rings is 2. The Bertz CT molecular complexity index is 1320. The first-order valence-corrected chi connectivity index (χ1v) is 14.8. The fraction of sp³-hybridized carbons (Fsp3) is 0.457. The molecule has 1 aliphatic carbocycles. The fourth-order valence-corrected chi connectivity index (χ4v) is 6.35. The highest BCUT2D eigenvalue weighted by atomic mass is 16.5. The van der Waals surface area contributed by atoms with Gasteiger partial charge < -0.3 is 9.72 Å². The Morgan fingerprint density at radius 1 is 1.08 bits per heavy atom. The lowest BCUT2D eigenvalue weighted by Crippen LogP contribution is -2.12. The van der Waals surface area contributed by atoms with Crippen molar-refractivity contribution < 1.29 is 4.74 Å². The summed E-state index contributed by atoms with van der Waals surface area (Å²) in [5, 5.41) is 1.30. The molecule has 0 fully saturated rings. The van der Waals surface area contributed by atoms with Crippen LogP contribution in [-0.2, 0) is 19.3 Å². The van der Waals surface area contributed by atoms with Crippen molar-refractivity contribution in [1.82, 2.24) is 4.98 Å². The van der Waals surface area contributed by atoms with E-state index in [2.05, 4.69) is 73.6 Å². The van der Waals surface area contributed by atoms with Gasteiger partial charge in [0.15, 0.2) is 0 Å². The molecule has 38 heavy (non-hydrogen) atoms. The molecule has 0 saturated heterocycles. The van der Waals surface area contributed by atoms with Gasteiger partial charge in [0, 0.05) is 22.8 Å². The molecule has 3 aromatic rings. The molecule has 0 bridgehead atoms. The van der Waals surface area contributed by atoms with Gasteiger partial charge in [-0.25, -0.2) is 0 Å². The average Bonchev–Trinajstić information content (AvgIpc) is 3.33. The van der Waals surface area contributed by atoms with Crippen LogP contribution in [0.4, 0.5) is 0 Å². The molecule has 200 valence electrons. The Morgan fingerprint density at radius 3 is 2.87 bits per heavy atom. The van der Waals surface area contributed by atoms with Crippen LogP contribution in [0.25, 0.3) is 17.0 Å². The summed E-state index contributed by atoms with van der Waals surface area (Å²) in [6, 6.07) is 13.7. The first-order valence-electron chi connectivity index (χ1n) is 14.8. The number of aryl methyl sites for hydroxylation is 1. The maximum absolute atomic E-state index is 5.42. The Morgan fingerprint density at radius 2 is 2.00 bits per heavy atom. The number of hydrogen-bond acceptors (Lipinski definition) is 2. The minimum atomic E-state index is 0.476. The summed E-state index contributed by atoms with van der Waals surface area (Å²) >= 11 is 0. The molecule has 0 spiro atoms. The second-order valence-corrected chi connectivity index (χ2v) is 11.3. The summed E-state index contributed by atoms with van der Waals surface area (Å²) in [5.74, 6) is 1.63. The lowest BCUT2D eigenvalue weighted by molar-refractivity contribution is 0.415. The Hall–Kier alpha value is -3.07. The zero-order chi connectivity index (χ0) is 26.3. The van der Waals surface area contributed by atoms with Crippen LogP contribution >= 0.6 is 0 Å². The molecule has 2 unspecified atom stereocenters. The van der Waals surface area contributed by atoms with Crippen LogP contribution in [0, 0.1) is 5.92 Å². The summed E-state index contributed by atoms with van der Waals surface area (Å²) in [5.41, 5.74) is 9.83. The molecule has 3 nitrogen and oxygen atoms in total. The van der Waals surface area contributed by atoms with Gasteiger partial charge in [-0.15, -0.1) is 0 Å². The molecule has 2 aromatic carbocycles. The van der Waals surface area contributed by atoms with Gasteiger partial charge in [-0.1, -0.05) is 55.7 Å². The normalized spacial score (nSPS) is 19.4. The standard InChI is InChI=1S/C35H44N2O/c1-4-26-16-18-33-28(21-26)12-9-13-29(33)22-27-10-8-15-31(37-25(2)20-27)14-7-5-6-11-30-24-36-35-19-17-32(38-3)23-34(30)35/h9,12-13,16-20,23-24,26,31,36H,4-8,10-11,14-15,21-22H2,1-3H3. The smallest absolute Gasteiger partial charge is 0.119 e. The van der Waals surface area contributed by atoms with Crippen LogP contribution in [0.15, 0.2) is 65.3 Å². The van der Waals surface area contributed by atoms with Crippen molar-refractivity contribution in [3.63, 3.8) is 0 Å². The summed E-state index contributed by atoms with van der Waals surface area (Å²) < 4.78 is 5.42. The molecule has 1 aliphatic heterocycles. The van der Waals surface area contributed by atoms with Gasteiger partial charge in [-0.2, -0.15) is 0 Å². The van der Waals surface area contributed by atoms with Gasteiger partial charge in [-0.05, 0) is 117 Å². The SMILES string of the molecule is CCC1C=Cc2c(CC3=CC(C)=NC(CCCCCc4c[nH]c5ccc(OC)cc45)CCC3)cccc2C1. The molecule has 3 heteroatoms. The first-order chi connectivity index (χ1) is 18.6. The average molecular weight is 509 g/mol. The van der Waals surface area contributed by atoms with Gasteiger partial charge >= 0.3 is 0 Å². The minimum absolute atomic E-state index is 0.476. The van der Waals surface area contributed by atoms with Crippen LogP contribution in [-0.4, -0.2) is 23.8 Å². The third-order valence-electron chi connectivity index (χ3n) is 8.54. The largest absolute Gasteiger partial charge is 0.497 e. The van der Waals surface area contributed by atoms with E-state index in [1.165, 1.54) is 96.7 Å². The van der Waals surface area contributed by atoms with Gasteiger partial charge in [0.1, 0.15) is 5.75 Å². The summed E-state index contributed by atoms with van der Waals surface area (Å²) in [4.78, 5) is 8.56. The number of hydrogen-bond donors (Lipinski definition) is 1. The number of ether oxygens (including phenoxy) is 1. The molecule has 2 atom stereocenters. The number of nitrogens with zero attached hydrogens (tertiary/aromatic N) is 1. The number of aliphatic imine (C=N–C) groups is 1. The summed E-state index contributed by atoms with van der Waals surface area (Å²) in [6.07, 6.45) is 22.5. The Labute approximate surface area is 229 Å². The minimum Gasteiger partial charge on any atom is -0.497 e. The number of unbranched alkanes of at least 4 members (excludes halogenated alkanes) is 2. The van der Waals surface area contributed by atoms with Crippen LogP contribution in [0.3, 0.4) is 0 Å². The second-order valence-electron chi connectivity index (χ2n) is 11.3. The van der Waals surface area contributed by atoms with E-state index >= 15 is 0 Å². The van der Waals surface area contributed by atoms with Crippen LogP contribution < -0.4 is 4.74 Å². The highest BCUT2D eigenvalue weighted by Crippen LogP contribution is 2.30. The third kappa shape index (κ3) is 6.49. The molecule has 5 rings (SSSR count). The number of rotatable bonds is 10. The summed E-state index contributed by atoms with van der Waals surface area (Å²) in [7, 11) is 1.73. The van der Waals surface area contributed by atoms with Gasteiger partial charge in [0.2, 0.25) is 0 Å². The second kappa shape index (κ2) is 12.7. The molecule has 2 aliphatic rings. The maximum atomic E-state index is 5.42. The number of aromatic nitrogens is 1. The van der Waals surface area contributed by atoms with Gasteiger partial charge in [0.05, 0.1) is 13.2 Å². The zero-order valence-corrected chi connectivity index (χ0v) is 23.6. The van der Waals surface area contributed by atoms with Gasteiger partial charge in [0.25, 0.3) is 0 Å². The molecular weight excluding hydrogens is 464 g/mol. The van der Waals surface area contributed by atoms with Crippen molar-refractivity contribution in [3.8, 4) is 5.75 Å². The highest BCUT2D eigenvalue weighted by Gasteiger charge is 2.17. The predicted octanol–water partition coefficient (Wildman–Crippen LogP) is 9.06. The van der Waals surface area contributed by atoms with Gasteiger partial charge in [-0.3, -0.25) is 4.99 Å². The molecular formula is C35H44N2O. The number of allylic oxidation sites excluding steroid dienone is 3. The predicted molar refractivity (Wildman–Crippen MR) is 163 cm³/mol. The molecule has 0 radical (unpaired) electrons. The number of fused-ring (bicyclic) bond motifs is 2. The Balaban J connectivity index is 1.13. The van der Waals surface area contributed by atoms with Crippen molar-refractivity contribution in [3.05, 3.63) is 82.6 Å². The lowest BCUT2D eigenvalue weighted by atomic mass is 9.84. The van der Waals surface area contributed by atoms with Crippen LogP contribution in [0.5, 0.6) is 5.75 Å². The topological polar surface area (TPSA) is 37.4 Å². The first kappa shape index (κ1) is 26.5. The monoisotopic (exact) mass is 508 g/mol.